The van der Waals surface area contributed by atoms with Crippen molar-refractivity contribution in [2.24, 2.45) is 0 Å². The molecule has 0 atom stereocenters. The number of nitrogens with zero attached hydrogens (tertiary/aromatic N) is 4. The molecule has 0 aliphatic heterocycles. The molecule has 4 aromatic carbocycles. The Morgan fingerprint density at radius 3 is 2.12 bits per heavy atom. The Bertz CT molecular complexity index is 2430. The van der Waals surface area contributed by atoms with Crippen molar-refractivity contribution in [2.75, 3.05) is 0 Å². The first-order valence-electron chi connectivity index (χ1n) is 13.5. The lowest BCUT2D eigenvalue weighted by atomic mass is 10.0. The van der Waals surface area contributed by atoms with E-state index in [0.717, 1.165) is 22.6 Å². The molecule has 0 aliphatic carbocycles. The van der Waals surface area contributed by atoms with Crippen LogP contribution in [-0.2, 0) is 0 Å². The van der Waals surface area contributed by atoms with Gasteiger partial charge in [0.15, 0.2) is 0 Å². The normalized spacial score (nSPS) is 12.0. The molecule has 0 N–H and O–H groups in total. The number of benzene rings is 4. The maximum Gasteiger partial charge on any atom is 0.138 e. The monoisotopic (exact) mass is 510 g/mol. The van der Waals surface area contributed by atoms with E-state index in [0.29, 0.717) is 0 Å². The summed E-state index contributed by atoms with van der Waals surface area (Å²) in [6.07, 6.45) is 3.67. The van der Waals surface area contributed by atoms with Crippen molar-refractivity contribution < 1.29 is 0 Å². The molecule has 4 heteroatoms. The quantitative estimate of drug-likeness (QED) is 0.218. The molecule has 5 heterocycles. The zero-order chi connectivity index (χ0) is 26.2. The van der Waals surface area contributed by atoms with Gasteiger partial charge in [-0.15, -0.1) is 0 Å². The van der Waals surface area contributed by atoms with Gasteiger partial charge in [-0.05, 0) is 53.9 Å². The Morgan fingerprint density at radius 2 is 1.27 bits per heavy atom. The van der Waals surface area contributed by atoms with Gasteiger partial charge < -0.3 is 4.40 Å². The number of pyridine rings is 3. The van der Waals surface area contributed by atoms with Gasteiger partial charge in [0.1, 0.15) is 5.82 Å². The maximum atomic E-state index is 5.19. The van der Waals surface area contributed by atoms with E-state index in [1.807, 2.05) is 12.3 Å². The Labute approximate surface area is 229 Å². The molecule has 5 aromatic heterocycles. The summed E-state index contributed by atoms with van der Waals surface area (Å²) in [5.41, 5.74) is 7.85. The third-order valence-electron chi connectivity index (χ3n) is 8.16. The van der Waals surface area contributed by atoms with Crippen LogP contribution in [0.5, 0.6) is 0 Å². The van der Waals surface area contributed by atoms with E-state index in [4.69, 9.17) is 4.98 Å². The number of fused-ring (bicyclic) bond motifs is 12. The summed E-state index contributed by atoms with van der Waals surface area (Å²) < 4.78 is 4.77. The standard InChI is InChI=1S/C36H22N4/c1-4-14-30-23(9-1)21-33-35-27(25-11-2-5-15-31(25)39(30)33)18-19-28-26-12-3-6-16-32(26)40(36(28)35)34-17-7-13-29(38-34)24-10-8-20-37-22-24/h1-22H. The molecule has 0 spiro atoms. The molecule has 9 rings (SSSR count). The molecule has 0 radical (unpaired) electrons. The van der Waals surface area contributed by atoms with Crippen molar-refractivity contribution >= 4 is 59.9 Å². The first-order valence-corrected chi connectivity index (χ1v) is 13.5. The minimum Gasteiger partial charge on any atom is -0.309 e. The molecule has 0 aliphatic rings. The summed E-state index contributed by atoms with van der Waals surface area (Å²) in [6.45, 7) is 0. The fourth-order valence-corrected chi connectivity index (χ4v) is 6.50. The molecule has 0 saturated heterocycles. The largest absolute Gasteiger partial charge is 0.309 e. The van der Waals surface area contributed by atoms with Gasteiger partial charge in [0.25, 0.3) is 0 Å². The van der Waals surface area contributed by atoms with Crippen LogP contribution in [0, 0.1) is 0 Å². The van der Waals surface area contributed by atoms with Gasteiger partial charge in [-0.2, -0.15) is 0 Å². The van der Waals surface area contributed by atoms with Crippen LogP contribution >= 0.6 is 0 Å². The second-order valence-corrected chi connectivity index (χ2v) is 10.3. The minimum atomic E-state index is 0.891. The van der Waals surface area contributed by atoms with Gasteiger partial charge in [0.05, 0.1) is 33.3 Å². The number of rotatable bonds is 2. The SMILES string of the molecule is c1cncc(-c2cccc(-n3c4ccccc4c4ccc5c6ccccc6n6c7ccccc7cc6c5c43)n2)c1. The third-order valence-corrected chi connectivity index (χ3v) is 8.16. The fraction of sp³-hybridized carbons (Fsp3) is 0. The molecule has 0 unspecified atom stereocenters. The van der Waals surface area contributed by atoms with E-state index >= 15 is 0 Å². The second kappa shape index (κ2) is 8.01. The molecule has 0 amide bonds. The highest BCUT2D eigenvalue weighted by Gasteiger charge is 2.20. The van der Waals surface area contributed by atoms with E-state index in [1.54, 1.807) is 6.20 Å². The third kappa shape index (κ3) is 2.85. The Morgan fingerprint density at radius 1 is 0.525 bits per heavy atom. The van der Waals surface area contributed by atoms with E-state index in [2.05, 4.69) is 129 Å². The van der Waals surface area contributed by atoms with Crippen LogP contribution in [0.2, 0.25) is 0 Å². The van der Waals surface area contributed by atoms with Gasteiger partial charge in [0, 0.05) is 44.9 Å². The van der Waals surface area contributed by atoms with Crippen molar-refractivity contribution in [2.45, 2.75) is 0 Å². The zero-order valence-corrected chi connectivity index (χ0v) is 21.5. The van der Waals surface area contributed by atoms with Crippen LogP contribution in [0.15, 0.2) is 134 Å². The van der Waals surface area contributed by atoms with Crippen molar-refractivity contribution in [3.63, 3.8) is 0 Å². The highest BCUT2D eigenvalue weighted by molar-refractivity contribution is 6.28. The Hall–Kier alpha value is -5.48. The molecular formula is C36H22N4. The summed E-state index contributed by atoms with van der Waals surface area (Å²) in [5, 5.41) is 7.39. The van der Waals surface area contributed by atoms with Gasteiger partial charge in [-0.3, -0.25) is 9.55 Å². The molecule has 186 valence electrons. The Kier molecular flexibility index (Phi) is 4.30. The summed E-state index contributed by atoms with van der Waals surface area (Å²) in [4.78, 5) is 9.52. The summed E-state index contributed by atoms with van der Waals surface area (Å²) >= 11 is 0. The molecule has 9 aromatic rings. The molecule has 4 nitrogen and oxygen atoms in total. The second-order valence-electron chi connectivity index (χ2n) is 10.3. The summed E-state index contributed by atoms with van der Waals surface area (Å²) in [6, 6.07) is 43.2. The predicted molar refractivity (Wildman–Crippen MR) is 165 cm³/mol. The summed E-state index contributed by atoms with van der Waals surface area (Å²) in [7, 11) is 0. The molecule has 0 bridgehead atoms. The van der Waals surface area contributed by atoms with E-state index < -0.39 is 0 Å². The van der Waals surface area contributed by atoms with Crippen LogP contribution in [0.1, 0.15) is 0 Å². The lowest BCUT2D eigenvalue weighted by Crippen LogP contribution is -2.00. The van der Waals surface area contributed by atoms with Crippen LogP contribution < -0.4 is 0 Å². The van der Waals surface area contributed by atoms with Crippen LogP contribution in [0.25, 0.3) is 77.0 Å². The topological polar surface area (TPSA) is 35.1 Å². The van der Waals surface area contributed by atoms with Crippen LogP contribution in [0.4, 0.5) is 0 Å². The van der Waals surface area contributed by atoms with Crippen molar-refractivity contribution in [1.29, 1.82) is 0 Å². The lowest BCUT2D eigenvalue weighted by molar-refractivity contribution is 1.09. The van der Waals surface area contributed by atoms with Gasteiger partial charge in [-0.1, -0.05) is 72.8 Å². The summed E-state index contributed by atoms with van der Waals surface area (Å²) in [5.74, 6) is 0.891. The smallest absolute Gasteiger partial charge is 0.138 e. The molecule has 0 fully saturated rings. The molecular weight excluding hydrogens is 488 g/mol. The first-order chi connectivity index (χ1) is 19.9. The minimum absolute atomic E-state index is 0.891. The first kappa shape index (κ1) is 21.5. The maximum absolute atomic E-state index is 5.19. The molecule has 40 heavy (non-hydrogen) atoms. The van der Waals surface area contributed by atoms with Crippen LogP contribution in [-0.4, -0.2) is 18.9 Å². The van der Waals surface area contributed by atoms with Gasteiger partial charge >= 0.3 is 0 Å². The van der Waals surface area contributed by atoms with Gasteiger partial charge in [0.2, 0.25) is 0 Å². The van der Waals surface area contributed by atoms with E-state index in [9.17, 15) is 0 Å². The van der Waals surface area contributed by atoms with Crippen LogP contribution in [0.3, 0.4) is 0 Å². The van der Waals surface area contributed by atoms with Crippen molar-refractivity contribution in [3.8, 4) is 17.1 Å². The number of aromatic nitrogens is 4. The van der Waals surface area contributed by atoms with Gasteiger partial charge in [-0.25, -0.2) is 4.98 Å². The van der Waals surface area contributed by atoms with Crippen molar-refractivity contribution in [1.82, 2.24) is 18.9 Å². The zero-order valence-electron chi connectivity index (χ0n) is 21.5. The van der Waals surface area contributed by atoms with E-state index in [1.165, 1.54) is 54.4 Å². The average molecular weight is 511 g/mol. The predicted octanol–water partition coefficient (Wildman–Crippen LogP) is 8.95. The number of para-hydroxylation sites is 3. The lowest BCUT2D eigenvalue weighted by Gasteiger charge is -2.14. The number of hydrogen-bond donors (Lipinski definition) is 0. The fourth-order valence-electron chi connectivity index (χ4n) is 6.50. The molecule has 0 saturated carbocycles. The average Bonchev–Trinajstić information content (AvgIpc) is 3.58. The highest BCUT2D eigenvalue weighted by atomic mass is 15.1. The highest BCUT2D eigenvalue weighted by Crippen LogP contribution is 2.42. The van der Waals surface area contributed by atoms with E-state index in [-0.39, 0.29) is 0 Å². The number of hydrogen-bond acceptors (Lipinski definition) is 2. The van der Waals surface area contributed by atoms with Crippen molar-refractivity contribution in [3.05, 3.63) is 134 Å². The Balaban J connectivity index is 1.53.